The van der Waals surface area contributed by atoms with Crippen molar-refractivity contribution in [1.29, 1.82) is 0 Å². The molecule has 474 valence electrons. The molecule has 0 heterocycles. The van der Waals surface area contributed by atoms with Crippen LogP contribution in [0, 0.1) is 0 Å². The SMILES string of the molecule is CC/C=C\C/C=C\C/C=C\C/C=C\C/C=C\C/C=C\CCCCC(=O)OC(/C=C\CCCCCCCCCCC)C(COP(=O)(O)OCC[N+](C)(C)C)NC(=O)CCCCCCCCCCC/C=C\C/C=C\C/C=C\C/C=C\CCCCC. The fraction of sp³-hybridized carbons (Fsp3) is 0.671. The Labute approximate surface area is 511 Å². The van der Waals surface area contributed by atoms with Crippen molar-refractivity contribution in [3.63, 3.8) is 0 Å². The fourth-order valence-corrected chi connectivity index (χ4v) is 9.66. The van der Waals surface area contributed by atoms with Crippen LogP contribution in [0.1, 0.15) is 265 Å². The molecular formula is C73H126N2O7P+. The lowest BCUT2D eigenvalue weighted by atomic mass is 10.0. The zero-order valence-corrected chi connectivity index (χ0v) is 55.0. The first-order valence-electron chi connectivity index (χ1n) is 33.5. The molecule has 0 radical (unpaired) electrons. The van der Waals surface area contributed by atoms with E-state index < -0.39 is 20.0 Å². The van der Waals surface area contributed by atoms with Gasteiger partial charge in [-0.25, -0.2) is 4.57 Å². The van der Waals surface area contributed by atoms with Gasteiger partial charge >= 0.3 is 13.8 Å². The largest absolute Gasteiger partial charge is 0.472 e. The number of likely N-dealkylation sites (N-methyl/N-ethyl adjacent to an activating group) is 1. The summed E-state index contributed by atoms with van der Waals surface area (Å²) in [6.45, 7) is 6.82. The van der Waals surface area contributed by atoms with Gasteiger partial charge in [0.2, 0.25) is 5.91 Å². The van der Waals surface area contributed by atoms with Gasteiger partial charge in [0.15, 0.2) is 0 Å². The molecule has 2 N–H and O–H groups in total. The minimum Gasteiger partial charge on any atom is -0.456 e. The van der Waals surface area contributed by atoms with E-state index in [4.69, 9.17) is 13.8 Å². The number of hydrogen-bond donors (Lipinski definition) is 2. The molecule has 0 rings (SSSR count). The Balaban J connectivity index is 5.21. The number of nitrogens with zero attached hydrogens (tertiary/aromatic N) is 1. The fourth-order valence-electron chi connectivity index (χ4n) is 8.93. The average molecular weight is 1170 g/mol. The zero-order valence-electron chi connectivity index (χ0n) is 54.1. The van der Waals surface area contributed by atoms with Crippen molar-refractivity contribution < 1.29 is 37.3 Å². The molecule has 10 heteroatoms. The van der Waals surface area contributed by atoms with Crippen molar-refractivity contribution in [2.45, 2.75) is 277 Å². The highest BCUT2D eigenvalue weighted by Crippen LogP contribution is 2.43. The van der Waals surface area contributed by atoms with Crippen LogP contribution in [0.5, 0.6) is 0 Å². The van der Waals surface area contributed by atoms with Gasteiger partial charge in [-0.15, -0.1) is 0 Å². The summed E-state index contributed by atoms with van der Waals surface area (Å²) in [5.74, 6) is -0.571. The summed E-state index contributed by atoms with van der Waals surface area (Å²) in [6.07, 6.45) is 87.4. The van der Waals surface area contributed by atoms with E-state index in [-0.39, 0.29) is 31.5 Å². The van der Waals surface area contributed by atoms with E-state index in [0.29, 0.717) is 23.9 Å². The highest BCUT2D eigenvalue weighted by Gasteiger charge is 2.30. The Kier molecular flexibility index (Phi) is 58.4. The predicted octanol–water partition coefficient (Wildman–Crippen LogP) is 21.2. The molecule has 0 saturated carbocycles. The first kappa shape index (κ1) is 79.2. The van der Waals surface area contributed by atoms with Crippen LogP contribution in [0.2, 0.25) is 0 Å². The molecule has 0 spiro atoms. The van der Waals surface area contributed by atoms with Crippen molar-refractivity contribution in [1.82, 2.24) is 5.32 Å². The van der Waals surface area contributed by atoms with Crippen LogP contribution in [0.15, 0.2) is 134 Å². The molecule has 9 nitrogen and oxygen atoms in total. The third-order valence-corrected chi connectivity index (χ3v) is 15.1. The minimum atomic E-state index is -4.47. The minimum absolute atomic E-state index is 0.0245. The summed E-state index contributed by atoms with van der Waals surface area (Å²) in [6, 6.07) is -0.880. The molecule has 0 saturated heterocycles. The Bertz CT molecular complexity index is 1880. The van der Waals surface area contributed by atoms with Gasteiger partial charge in [-0.1, -0.05) is 258 Å². The maximum atomic E-state index is 13.6. The van der Waals surface area contributed by atoms with E-state index in [9.17, 15) is 19.0 Å². The summed E-state index contributed by atoms with van der Waals surface area (Å²) >= 11 is 0. The highest BCUT2D eigenvalue weighted by molar-refractivity contribution is 7.47. The number of hydrogen-bond acceptors (Lipinski definition) is 6. The number of unbranched alkanes of at least 4 members (excludes halogenated alkanes) is 23. The monoisotopic (exact) mass is 1170 g/mol. The Morgan fingerprint density at radius 2 is 0.771 bits per heavy atom. The van der Waals surface area contributed by atoms with Crippen LogP contribution >= 0.6 is 7.82 Å². The van der Waals surface area contributed by atoms with Crippen LogP contribution in [0.4, 0.5) is 0 Å². The molecule has 0 aromatic heterocycles. The number of allylic oxidation sites excluding steroid dienone is 21. The number of rotatable bonds is 59. The van der Waals surface area contributed by atoms with Gasteiger partial charge in [0, 0.05) is 12.8 Å². The van der Waals surface area contributed by atoms with Crippen LogP contribution < -0.4 is 5.32 Å². The number of carbonyl (C=O) groups is 2. The van der Waals surface area contributed by atoms with Crippen LogP contribution in [0.25, 0.3) is 0 Å². The van der Waals surface area contributed by atoms with Crippen molar-refractivity contribution >= 4 is 19.7 Å². The van der Waals surface area contributed by atoms with Crippen LogP contribution in [-0.2, 0) is 27.9 Å². The van der Waals surface area contributed by atoms with Gasteiger partial charge in [-0.2, -0.15) is 0 Å². The maximum absolute atomic E-state index is 13.6. The molecule has 0 aromatic rings. The topological polar surface area (TPSA) is 111 Å². The average Bonchev–Trinajstić information content (AvgIpc) is 3.51. The van der Waals surface area contributed by atoms with Gasteiger partial charge in [-0.05, 0) is 128 Å². The number of phosphoric acid groups is 1. The quantitative estimate of drug-likeness (QED) is 0.0205. The normalized spacial score (nSPS) is 14.4. The standard InChI is InChI=1S/C73H125N2O7P/c1-7-10-13-16-19-22-25-27-29-31-33-35-36-37-38-40-41-43-45-47-50-53-56-59-62-65-72(76)74-70(69-81-83(78,79)80-68-67-75(4,5)6)71(64-61-58-55-52-49-24-21-18-15-12-9-3)82-73(77)66-63-60-57-54-51-48-46-44-42-39-34-32-30-28-26-23-20-17-14-11-8-2/h11,14,19-20,22-23,27-30,33-35,37-39,44,46,51,54,61,64,70-71H,7-10,12-13,15-18,21,24-26,31-32,36,40-43,45,47-50,52-53,55-60,62-63,65-69H2,1-6H3,(H-,74,76,78,79)/p+1/b14-11-,22-19-,23-20-,29-27-,30-28-,35-33-,38-37-,39-34-,46-44-,54-51-,64-61-. The highest BCUT2D eigenvalue weighted by atomic mass is 31.2. The van der Waals surface area contributed by atoms with Crippen molar-refractivity contribution in [2.75, 3.05) is 40.9 Å². The molecule has 3 unspecified atom stereocenters. The molecule has 0 aliphatic carbocycles. The lowest BCUT2D eigenvalue weighted by Crippen LogP contribution is -2.47. The van der Waals surface area contributed by atoms with Gasteiger partial charge < -0.3 is 19.4 Å². The second-order valence-electron chi connectivity index (χ2n) is 23.3. The second-order valence-corrected chi connectivity index (χ2v) is 24.7. The summed E-state index contributed by atoms with van der Waals surface area (Å²) in [5.41, 5.74) is 0. The number of nitrogens with one attached hydrogen (secondary N) is 1. The summed E-state index contributed by atoms with van der Waals surface area (Å²) < 4.78 is 30.7. The number of amides is 1. The molecule has 0 aliphatic rings. The number of carbonyl (C=O) groups excluding carboxylic acids is 2. The lowest BCUT2D eigenvalue weighted by molar-refractivity contribution is -0.870. The van der Waals surface area contributed by atoms with E-state index in [1.165, 1.54) is 103 Å². The van der Waals surface area contributed by atoms with Crippen molar-refractivity contribution in [2.24, 2.45) is 0 Å². The first-order chi connectivity index (χ1) is 40.4. The molecule has 1 amide bonds. The third-order valence-electron chi connectivity index (χ3n) is 14.1. The van der Waals surface area contributed by atoms with Crippen molar-refractivity contribution in [3.05, 3.63) is 134 Å². The molecular weight excluding hydrogens is 1050 g/mol. The van der Waals surface area contributed by atoms with Crippen LogP contribution in [0.3, 0.4) is 0 Å². The lowest BCUT2D eigenvalue weighted by Gasteiger charge is -2.27. The molecule has 0 aromatic carbocycles. The van der Waals surface area contributed by atoms with E-state index in [2.05, 4.69) is 148 Å². The predicted molar refractivity (Wildman–Crippen MR) is 359 cm³/mol. The maximum Gasteiger partial charge on any atom is 0.472 e. The van der Waals surface area contributed by atoms with Gasteiger partial charge in [-0.3, -0.25) is 18.6 Å². The van der Waals surface area contributed by atoms with E-state index >= 15 is 0 Å². The smallest absolute Gasteiger partial charge is 0.456 e. The Hall–Kier alpha value is -3.85. The van der Waals surface area contributed by atoms with E-state index in [0.717, 1.165) is 122 Å². The number of ether oxygens (including phenoxy) is 1. The van der Waals surface area contributed by atoms with Gasteiger partial charge in [0.1, 0.15) is 19.3 Å². The Morgan fingerprint density at radius 3 is 1.19 bits per heavy atom. The second kappa shape index (κ2) is 61.2. The summed E-state index contributed by atoms with van der Waals surface area (Å²) in [5, 5.41) is 3.04. The summed E-state index contributed by atoms with van der Waals surface area (Å²) in [7, 11) is 1.45. The molecule has 0 fully saturated rings. The van der Waals surface area contributed by atoms with Crippen molar-refractivity contribution in [3.8, 4) is 0 Å². The molecule has 0 aliphatic heterocycles. The van der Waals surface area contributed by atoms with E-state index in [1.54, 1.807) is 0 Å². The number of esters is 1. The molecule has 83 heavy (non-hydrogen) atoms. The molecule has 0 bridgehead atoms. The summed E-state index contributed by atoms with van der Waals surface area (Å²) in [4.78, 5) is 37.8. The first-order valence-corrected chi connectivity index (χ1v) is 35.0. The van der Waals surface area contributed by atoms with Gasteiger partial charge in [0.25, 0.3) is 0 Å². The van der Waals surface area contributed by atoms with E-state index in [1.807, 2.05) is 33.3 Å². The third kappa shape index (κ3) is 62.5. The van der Waals surface area contributed by atoms with Gasteiger partial charge in [0.05, 0.1) is 33.8 Å². The van der Waals surface area contributed by atoms with Crippen LogP contribution in [-0.4, -0.2) is 74.3 Å². The Morgan fingerprint density at radius 1 is 0.434 bits per heavy atom. The number of phosphoric ester groups is 1. The molecule has 3 atom stereocenters. The zero-order chi connectivity index (χ0) is 60.7. The number of quaternary nitrogens is 1.